The molecule has 5 heteroatoms. The minimum absolute atomic E-state index is 0.0700. The Morgan fingerprint density at radius 2 is 1.91 bits per heavy atom. The number of carbonyl (C=O) groups excluding carboxylic acids is 1. The van der Waals surface area contributed by atoms with E-state index in [9.17, 15) is 4.79 Å². The van der Waals surface area contributed by atoms with Gasteiger partial charge in [-0.2, -0.15) is 5.26 Å². The van der Waals surface area contributed by atoms with Crippen LogP contribution in [-0.4, -0.2) is 11.7 Å². The van der Waals surface area contributed by atoms with Gasteiger partial charge in [-0.05, 0) is 48.6 Å². The van der Waals surface area contributed by atoms with Crippen molar-refractivity contribution in [3.8, 4) is 6.07 Å². The summed E-state index contributed by atoms with van der Waals surface area (Å²) < 4.78 is 0. The summed E-state index contributed by atoms with van der Waals surface area (Å²) in [5, 5.41) is 12.5. The second-order valence-electron chi connectivity index (χ2n) is 4.61. The van der Waals surface area contributed by atoms with Gasteiger partial charge in [0.15, 0.2) is 0 Å². The second-order valence-corrected chi connectivity index (χ2v) is 6.22. The van der Waals surface area contributed by atoms with Crippen molar-refractivity contribution in [2.24, 2.45) is 0 Å². The number of halogens is 1. The Hall–Kier alpha value is -1.96. The lowest BCUT2D eigenvalue weighted by Crippen LogP contribution is -2.12. The third-order valence-corrected chi connectivity index (χ3v) is 4.30. The second kappa shape index (κ2) is 8.47. The Morgan fingerprint density at radius 3 is 2.64 bits per heavy atom. The molecule has 0 saturated heterocycles. The van der Waals surface area contributed by atoms with Crippen LogP contribution in [0.5, 0.6) is 0 Å². The highest BCUT2D eigenvalue weighted by Gasteiger charge is 2.06. The van der Waals surface area contributed by atoms with Crippen molar-refractivity contribution in [2.45, 2.75) is 17.7 Å². The van der Waals surface area contributed by atoms with Crippen LogP contribution in [0.4, 0.5) is 5.69 Å². The normalized spacial score (nSPS) is 10.0. The molecule has 0 aliphatic rings. The summed E-state index contributed by atoms with van der Waals surface area (Å²) in [4.78, 5) is 13.0. The summed E-state index contributed by atoms with van der Waals surface area (Å²) >= 11 is 7.53. The average Bonchev–Trinajstić information content (AvgIpc) is 2.54. The predicted octanol–water partition coefficient (Wildman–Crippen LogP) is 4.72. The molecule has 0 saturated carbocycles. The summed E-state index contributed by atoms with van der Waals surface area (Å²) in [5.74, 6) is 0.786. The highest BCUT2D eigenvalue weighted by molar-refractivity contribution is 7.99. The molecule has 0 atom stereocenters. The Bertz CT molecular complexity index is 680. The molecule has 0 aliphatic carbocycles. The van der Waals surface area contributed by atoms with Crippen LogP contribution in [0.25, 0.3) is 0 Å². The number of rotatable bonds is 6. The van der Waals surface area contributed by atoms with Crippen LogP contribution in [0, 0.1) is 11.3 Å². The van der Waals surface area contributed by atoms with Crippen molar-refractivity contribution in [1.82, 2.24) is 0 Å². The fraction of sp³-hybridized carbons (Fsp3) is 0.176. The highest BCUT2D eigenvalue weighted by atomic mass is 35.5. The number of amides is 1. The number of hydrogen-bond acceptors (Lipinski definition) is 3. The topological polar surface area (TPSA) is 52.9 Å². The number of carbonyl (C=O) groups is 1. The maximum atomic E-state index is 11.9. The van der Waals surface area contributed by atoms with Gasteiger partial charge in [0.1, 0.15) is 6.07 Å². The summed E-state index contributed by atoms with van der Waals surface area (Å²) in [6, 6.07) is 16.7. The van der Waals surface area contributed by atoms with Crippen molar-refractivity contribution >= 4 is 35.0 Å². The summed E-state index contributed by atoms with van der Waals surface area (Å²) in [5.41, 5.74) is 1.05. The number of thioether (sulfide) groups is 1. The third kappa shape index (κ3) is 5.10. The van der Waals surface area contributed by atoms with E-state index < -0.39 is 0 Å². The van der Waals surface area contributed by atoms with Gasteiger partial charge in [-0.25, -0.2) is 0 Å². The predicted molar refractivity (Wildman–Crippen MR) is 91.2 cm³/mol. The van der Waals surface area contributed by atoms with E-state index in [1.807, 2.05) is 24.3 Å². The fourth-order valence-corrected chi connectivity index (χ4v) is 2.83. The molecule has 0 bridgehead atoms. The van der Waals surface area contributed by atoms with Crippen LogP contribution in [0.15, 0.2) is 53.4 Å². The first-order valence-corrected chi connectivity index (χ1v) is 8.23. The molecule has 0 aliphatic heterocycles. The van der Waals surface area contributed by atoms with Crippen LogP contribution in [0.2, 0.25) is 5.02 Å². The van der Waals surface area contributed by atoms with Gasteiger partial charge in [-0.1, -0.05) is 23.7 Å². The molecule has 0 radical (unpaired) electrons. The zero-order valence-corrected chi connectivity index (χ0v) is 13.5. The summed E-state index contributed by atoms with van der Waals surface area (Å²) in [6.07, 6.45) is 1.20. The van der Waals surface area contributed by atoms with E-state index in [2.05, 4.69) is 11.4 Å². The van der Waals surface area contributed by atoms with Crippen molar-refractivity contribution < 1.29 is 4.79 Å². The van der Waals surface area contributed by atoms with Crippen molar-refractivity contribution in [3.05, 3.63) is 59.1 Å². The summed E-state index contributed by atoms with van der Waals surface area (Å²) in [7, 11) is 0. The van der Waals surface area contributed by atoms with Crippen LogP contribution in [-0.2, 0) is 4.79 Å². The Kier molecular flexibility index (Phi) is 6.32. The first-order valence-electron chi connectivity index (χ1n) is 6.86. The Balaban J connectivity index is 1.74. The molecule has 2 aromatic rings. The molecule has 0 fully saturated rings. The monoisotopic (exact) mass is 330 g/mol. The van der Waals surface area contributed by atoms with E-state index in [0.717, 1.165) is 22.1 Å². The molecular weight excluding hydrogens is 316 g/mol. The number of benzene rings is 2. The van der Waals surface area contributed by atoms with E-state index in [1.54, 1.807) is 36.0 Å². The number of nitrogens with one attached hydrogen (secondary N) is 1. The molecule has 0 spiro atoms. The molecule has 2 rings (SSSR count). The molecule has 0 aromatic heterocycles. The Labute approximate surface area is 139 Å². The number of hydrogen-bond donors (Lipinski definition) is 1. The standard InChI is InChI=1S/C17H15ClN2OS/c18-14-7-9-15(10-8-14)22-11-3-6-17(21)20-16-5-2-1-4-13(16)12-19/h1-2,4-5,7-10H,3,6,11H2,(H,20,21). The van der Waals surface area contributed by atoms with E-state index in [-0.39, 0.29) is 5.91 Å². The van der Waals surface area contributed by atoms with Gasteiger partial charge in [0.05, 0.1) is 11.3 Å². The minimum Gasteiger partial charge on any atom is -0.325 e. The van der Waals surface area contributed by atoms with Gasteiger partial charge < -0.3 is 5.32 Å². The largest absolute Gasteiger partial charge is 0.325 e. The molecule has 22 heavy (non-hydrogen) atoms. The van der Waals surface area contributed by atoms with Crippen molar-refractivity contribution in [1.29, 1.82) is 5.26 Å². The van der Waals surface area contributed by atoms with E-state index in [0.29, 0.717) is 17.7 Å². The van der Waals surface area contributed by atoms with E-state index in [4.69, 9.17) is 16.9 Å². The highest BCUT2D eigenvalue weighted by Crippen LogP contribution is 2.21. The van der Waals surface area contributed by atoms with Crippen LogP contribution in [0.3, 0.4) is 0 Å². The molecule has 0 heterocycles. The van der Waals surface area contributed by atoms with Gasteiger partial charge in [-0.15, -0.1) is 11.8 Å². The first kappa shape index (κ1) is 16.4. The van der Waals surface area contributed by atoms with Crippen molar-refractivity contribution in [2.75, 3.05) is 11.1 Å². The number of para-hydroxylation sites is 1. The van der Waals surface area contributed by atoms with Crippen molar-refractivity contribution in [3.63, 3.8) is 0 Å². The lowest BCUT2D eigenvalue weighted by Gasteiger charge is -2.06. The molecule has 112 valence electrons. The molecule has 1 N–H and O–H groups in total. The van der Waals surface area contributed by atoms with Gasteiger partial charge in [0.2, 0.25) is 5.91 Å². The third-order valence-electron chi connectivity index (χ3n) is 2.95. The molecule has 1 amide bonds. The summed E-state index contributed by atoms with van der Waals surface area (Å²) in [6.45, 7) is 0. The minimum atomic E-state index is -0.0700. The molecule has 2 aromatic carbocycles. The van der Waals surface area contributed by atoms with Crippen LogP contribution < -0.4 is 5.32 Å². The van der Waals surface area contributed by atoms with E-state index in [1.165, 1.54) is 0 Å². The zero-order valence-electron chi connectivity index (χ0n) is 11.9. The van der Waals surface area contributed by atoms with Gasteiger partial charge in [-0.3, -0.25) is 4.79 Å². The lowest BCUT2D eigenvalue weighted by molar-refractivity contribution is -0.116. The Morgan fingerprint density at radius 1 is 1.18 bits per heavy atom. The molecule has 0 unspecified atom stereocenters. The van der Waals surface area contributed by atoms with Crippen LogP contribution >= 0.6 is 23.4 Å². The number of anilines is 1. The quantitative estimate of drug-likeness (QED) is 0.615. The van der Waals surface area contributed by atoms with Gasteiger partial charge in [0, 0.05) is 16.3 Å². The van der Waals surface area contributed by atoms with Gasteiger partial charge in [0.25, 0.3) is 0 Å². The lowest BCUT2D eigenvalue weighted by atomic mass is 10.2. The maximum Gasteiger partial charge on any atom is 0.224 e. The average molecular weight is 331 g/mol. The molecule has 3 nitrogen and oxygen atoms in total. The van der Waals surface area contributed by atoms with Gasteiger partial charge >= 0.3 is 0 Å². The fourth-order valence-electron chi connectivity index (χ4n) is 1.86. The zero-order chi connectivity index (χ0) is 15.8. The smallest absolute Gasteiger partial charge is 0.224 e. The van der Waals surface area contributed by atoms with Crippen LogP contribution in [0.1, 0.15) is 18.4 Å². The SMILES string of the molecule is N#Cc1ccccc1NC(=O)CCCSc1ccc(Cl)cc1. The first-order chi connectivity index (χ1) is 10.7. The van der Waals surface area contributed by atoms with E-state index >= 15 is 0 Å². The number of nitrogens with zero attached hydrogens (tertiary/aromatic N) is 1. The molecular formula is C17H15ClN2OS. The number of nitriles is 1. The maximum absolute atomic E-state index is 11.9.